The van der Waals surface area contributed by atoms with Crippen LogP contribution in [0.25, 0.3) is 105 Å². The molecule has 20 aromatic rings. The molecule has 1 heterocycles. The Morgan fingerprint density at radius 1 is 0.200 bits per heavy atom. The SMILES string of the molecule is Cc1ccc(N(c2ccccc2)c2cccc3c2-c2ccccc2C32C3CC4CC(C3)CC2C4)cc1.c1ccc(-c2ccccc2)cc1.c1ccc(N(c2ccc3c(c2)c2ccccc2n3-c2ccccc2)c2cccc3c2-c2ccccc2C32C3CC4CC(C3)CC2C4)cc1.c1ccc2c(c1)-c1c(N(c3ccc(-c4ccc5ccccc5c4)cc3)c3ccc4ccccc4c3)cccc1C21C2CC3CC(C2)CC1C3. The van der Waals surface area contributed by atoms with Crippen molar-refractivity contribution in [3.8, 4) is 61.3 Å². The Labute approximate surface area is 853 Å². The largest absolute Gasteiger partial charge is 0.310 e. The van der Waals surface area contributed by atoms with Gasteiger partial charge in [-0.3, -0.25) is 0 Å². The maximum absolute atomic E-state index is 2.54. The van der Waals surface area contributed by atoms with Crippen LogP contribution in [-0.4, -0.2) is 4.57 Å². The van der Waals surface area contributed by atoms with Crippen LogP contribution in [0.3, 0.4) is 0 Å². The van der Waals surface area contributed by atoms with Crippen LogP contribution in [0.4, 0.5) is 51.2 Å². The molecule has 15 aliphatic carbocycles. The summed E-state index contributed by atoms with van der Waals surface area (Å²) in [5, 5.41) is 7.65. The second-order valence-corrected chi connectivity index (χ2v) is 45.0. The number of hydrogen-bond donors (Lipinski definition) is 0. The summed E-state index contributed by atoms with van der Waals surface area (Å²) in [7, 11) is 0. The molecule has 35 rings (SSSR count). The number of nitrogens with zero attached hydrogens (tertiary/aromatic N) is 4. The predicted octanol–water partition coefficient (Wildman–Crippen LogP) is 37.4. The van der Waals surface area contributed by atoms with E-state index in [-0.39, 0.29) is 16.2 Å². The molecule has 145 heavy (non-hydrogen) atoms. The molecule has 0 radical (unpaired) electrons. The summed E-state index contributed by atoms with van der Waals surface area (Å²) in [6.07, 6.45) is 21.3. The monoisotopic (exact) mass is 1870 g/mol. The standard InChI is InChI=1S/C48H39N.C46H38N2.C35H33N.C12H10/c1-3-10-36-29-38(17-16-33(36)8-1)35-18-21-41(22-19-35)49(42-23-20-34-9-2-4-11-37(34)30-42)46-15-7-14-45-47(46)43-12-5-6-13-44(43)48(45)39-25-31-24-32(27-39)28-40(48)26-31;1-3-12-34(13-4-1)47(36-22-23-43-39(29-36)37-16-8-10-20-42(37)48(43)35-14-5-2-6-15-35)44-21-11-19-41-45(44)38-17-7-9-18-40(38)46(41)32-25-30-24-31(27-32)28-33(46)26-30;1-23-14-16-29(17-15-23)36(28-8-3-2-4-9-28)33-13-7-12-32-34(33)30-10-5-6-11-31(30)35(32)26-19-24-18-25(21-26)22-27(35)20-24;1-3-7-11(8-4-1)12-9-5-2-6-10-12/h1-23,29-32,39-40H,24-28H2;1-23,29-33H,24-28H2;2-17,24-27H,18-22H2,1H3;1-10H. The average Bonchev–Trinajstić information content (AvgIpc) is 1.53. The second-order valence-electron chi connectivity index (χ2n) is 45.0. The van der Waals surface area contributed by atoms with Crippen LogP contribution in [-0.2, 0) is 16.2 Å². The fourth-order valence-electron chi connectivity index (χ4n) is 32.9. The number of hydrogen-bond acceptors (Lipinski definition) is 3. The molecule has 12 saturated carbocycles. The summed E-state index contributed by atoms with van der Waals surface area (Å²) < 4.78 is 2.41. The Morgan fingerprint density at radius 2 is 0.497 bits per heavy atom. The van der Waals surface area contributed by atoms with Gasteiger partial charge >= 0.3 is 0 Å². The topological polar surface area (TPSA) is 14.7 Å². The molecule has 0 atom stereocenters. The van der Waals surface area contributed by atoms with Crippen LogP contribution in [0.1, 0.15) is 135 Å². The van der Waals surface area contributed by atoms with E-state index < -0.39 is 0 Å². The van der Waals surface area contributed by atoms with Crippen molar-refractivity contribution in [3.63, 3.8) is 0 Å². The van der Waals surface area contributed by atoms with Crippen molar-refractivity contribution in [1.82, 2.24) is 4.57 Å². The normalized spacial score (nSPS) is 24.4. The fourth-order valence-corrected chi connectivity index (χ4v) is 32.9. The summed E-state index contributed by atoms with van der Waals surface area (Å²) in [5.41, 5.74) is 40.0. The summed E-state index contributed by atoms with van der Waals surface area (Å²) in [5.74, 6) is 10.2. The molecule has 0 N–H and O–H groups in total. The number of benzene rings is 19. The van der Waals surface area contributed by atoms with E-state index in [1.165, 1.54) is 258 Å². The van der Waals surface area contributed by atoms with Gasteiger partial charge in [-0.1, -0.05) is 339 Å². The zero-order valence-corrected chi connectivity index (χ0v) is 82.6. The summed E-state index contributed by atoms with van der Waals surface area (Å²) in [4.78, 5) is 7.57. The van der Waals surface area contributed by atoms with Gasteiger partial charge in [0.2, 0.25) is 0 Å². The van der Waals surface area contributed by atoms with Crippen molar-refractivity contribution >= 4 is 94.5 Å². The number of rotatable bonds is 12. The van der Waals surface area contributed by atoms with Crippen LogP contribution < -0.4 is 14.7 Å². The van der Waals surface area contributed by atoms with Crippen LogP contribution in [0, 0.1) is 77.9 Å². The Hall–Kier alpha value is -15.1. The van der Waals surface area contributed by atoms with Crippen LogP contribution >= 0.6 is 0 Å². The number of aromatic nitrogens is 1. The summed E-state index contributed by atoms with van der Waals surface area (Å²) in [6.45, 7) is 2.17. The van der Waals surface area contributed by atoms with Gasteiger partial charge in [0.15, 0.2) is 0 Å². The molecule has 3 spiro atoms. The quantitative estimate of drug-likeness (QED) is 0.121. The Kier molecular flexibility index (Phi) is 20.8. The first kappa shape index (κ1) is 86.6. The third-order valence-electron chi connectivity index (χ3n) is 37.7. The molecule has 15 aliphatic rings. The minimum Gasteiger partial charge on any atom is -0.310 e. The van der Waals surface area contributed by atoms with E-state index in [9.17, 15) is 0 Å². The fraction of sp³-hybridized carbons (Fsp3) is 0.220. The zero-order chi connectivity index (χ0) is 95.6. The van der Waals surface area contributed by atoms with Crippen molar-refractivity contribution < 1.29 is 0 Å². The lowest BCUT2D eigenvalue weighted by molar-refractivity contribution is -0.0399. The van der Waals surface area contributed by atoms with Gasteiger partial charge in [0.05, 0.1) is 28.1 Å². The van der Waals surface area contributed by atoms with Crippen molar-refractivity contribution in [2.45, 2.75) is 119 Å². The highest BCUT2D eigenvalue weighted by molar-refractivity contribution is 6.11. The lowest BCUT2D eigenvalue weighted by atomic mass is 9.43. The predicted molar refractivity (Wildman–Crippen MR) is 605 cm³/mol. The first-order valence-electron chi connectivity index (χ1n) is 54.3. The highest BCUT2D eigenvalue weighted by atomic mass is 15.2. The molecule has 4 nitrogen and oxygen atoms in total. The first-order chi connectivity index (χ1) is 71.7. The molecular formula is C141H120N4. The number of fused-ring (bicyclic) bond motifs is 14. The Balaban J connectivity index is 0.0000000983. The van der Waals surface area contributed by atoms with Gasteiger partial charge in [-0.25, -0.2) is 0 Å². The molecule has 0 aliphatic heterocycles. The van der Waals surface area contributed by atoms with Gasteiger partial charge in [-0.2, -0.15) is 0 Å². The molecule has 12 bridgehead atoms. The lowest BCUT2D eigenvalue weighted by Crippen LogP contribution is -2.55. The molecule has 1 aromatic heterocycles. The highest BCUT2D eigenvalue weighted by Crippen LogP contribution is 2.75. The van der Waals surface area contributed by atoms with E-state index in [1.807, 2.05) is 12.1 Å². The smallest absolute Gasteiger partial charge is 0.0543 e. The van der Waals surface area contributed by atoms with Gasteiger partial charge in [0, 0.05) is 83.5 Å². The van der Waals surface area contributed by atoms with E-state index in [2.05, 4.69) is 469 Å². The molecule has 0 unspecified atom stereocenters. The first-order valence-corrected chi connectivity index (χ1v) is 54.3. The van der Waals surface area contributed by atoms with Gasteiger partial charge in [-0.15, -0.1) is 0 Å². The van der Waals surface area contributed by atoms with Gasteiger partial charge in [0.25, 0.3) is 0 Å². The molecule has 19 aromatic carbocycles. The van der Waals surface area contributed by atoms with Crippen LogP contribution in [0.15, 0.2) is 455 Å². The van der Waals surface area contributed by atoms with E-state index in [0.29, 0.717) is 0 Å². The molecule has 12 fully saturated rings. The maximum atomic E-state index is 2.54. The molecule has 704 valence electrons. The van der Waals surface area contributed by atoms with E-state index >= 15 is 0 Å². The van der Waals surface area contributed by atoms with Gasteiger partial charge < -0.3 is 19.3 Å². The maximum Gasteiger partial charge on any atom is 0.0543 e. The molecule has 4 heteroatoms. The van der Waals surface area contributed by atoms with Crippen LogP contribution in [0.2, 0.25) is 0 Å². The van der Waals surface area contributed by atoms with Crippen molar-refractivity contribution in [1.29, 1.82) is 0 Å². The number of para-hydroxylation sites is 4. The van der Waals surface area contributed by atoms with E-state index in [4.69, 9.17) is 0 Å². The molecular weight excluding hydrogens is 1750 g/mol. The Bertz CT molecular complexity index is 8240. The third-order valence-corrected chi connectivity index (χ3v) is 37.7. The summed E-state index contributed by atoms with van der Waals surface area (Å²) >= 11 is 0. The Morgan fingerprint density at radius 3 is 0.931 bits per heavy atom. The molecule has 0 saturated heterocycles. The second kappa shape index (κ2) is 34.9. The van der Waals surface area contributed by atoms with Gasteiger partial charge in [0.1, 0.15) is 0 Å². The van der Waals surface area contributed by atoms with Crippen LogP contribution in [0.5, 0.6) is 0 Å². The third kappa shape index (κ3) is 13.8. The minimum atomic E-state index is 0.143. The zero-order valence-electron chi connectivity index (χ0n) is 82.6. The minimum absolute atomic E-state index is 0.143. The van der Waals surface area contributed by atoms with Crippen molar-refractivity contribution in [3.05, 3.63) is 494 Å². The highest BCUT2D eigenvalue weighted by Gasteiger charge is 2.65. The summed E-state index contributed by atoms with van der Waals surface area (Å²) in [6, 6.07) is 169. The van der Waals surface area contributed by atoms with Crippen molar-refractivity contribution in [2.75, 3.05) is 14.7 Å². The van der Waals surface area contributed by atoms with E-state index in [0.717, 1.165) is 71.0 Å². The van der Waals surface area contributed by atoms with Crippen molar-refractivity contribution in [2.24, 2.45) is 71.0 Å². The molecule has 0 amide bonds. The number of aryl methyl sites for hydroxylation is 1. The van der Waals surface area contributed by atoms with Gasteiger partial charge in [-0.05, 0) is 389 Å². The van der Waals surface area contributed by atoms with E-state index in [1.54, 1.807) is 33.4 Å². The number of anilines is 9. The lowest BCUT2D eigenvalue weighted by Gasteiger charge is -2.61. The average molecular weight is 1870 g/mol.